The predicted octanol–water partition coefficient (Wildman–Crippen LogP) is 2.01. The van der Waals surface area contributed by atoms with Crippen molar-refractivity contribution in [1.82, 2.24) is 19.5 Å². The number of nitrogens with zero attached hydrogens (tertiary/aromatic N) is 3. The molecule has 0 bridgehead atoms. The van der Waals surface area contributed by atoms with Gasteiger partial charge in [-0.2, -0.15) is 0 Å². The van der Waals surface area contributed by atoms with Crippen LogP contribution in [0.1, 0.15) is 23.1 Å². The molecule has 0 radical (unpaired) electrons. The van der Waals surface area contributed by atoms with Crippen molar-refractivity contribution in [1.29, 1.82) is 0 Å². The van der Waals surface area contributed by atoms with Crippen molar-refractivity contribution >= 4 is 16.9 Å². The highest BCUT2D eigenvalue weighted by atomic mass is 16.2. The van der Waals surface area contributed by atoms with Gasteiger partial charge in [0.05, 0.1) is 17.4 Å². The first-order valence-electron chi connectivity index (χ1n) is 5.79. The maximum Gasteiger partial charge on any atom is 0.263 e. The van der Waals surface area contributed by atoms with Crippen molar-refractivity contribution in [3.8, 4) is 0 Å². The van der Waals surface area contributed by atoms with Gasteiger partial charge in [0.1, 0.15) is 5.82 Å². The number of aromatic amines is 1. The first-order valence-corrected chi connectivity index (χ1v) is 5.79. The summed E-state index contributed by atoms with van der Waals surface area (Å²) in [5.74, 6) is 0.700. The molecule has 1 N–H and O–H groups in total. The Labute approximate surface area is 103 Å². The first-order chi connectivity index (χ1) is 8.79. The third-order valence-corrected chi connectivity index (χ3v) is 2.92. The summed E-state index contributed by atoms with van der Waals surface area (Å²) in [6, 6.07) is 5.43. The third kappa shape index (κ3) is 1.60. The van der Waals surface area contributed by atoms with Crippen LogP contribution >= 0.6 is 0 Å². The molecule has 0 saturated carbocycles. The van der Waals surface area contributed by atoms with Crippen molar-refractivity contribution in [3.63, 3.8) is 0 Å². The van der Waals surface area contributed by atoms with Crippen LogP contribution in [0.4, 0.5) is 0 Å². The summed E-state index contributed by atoms with van der Waals surface area (Å²) in [6.45, 7) is 1.98. The Hall–Kier alpha value is -2.43. The van der Waals surface area contributed by atoms with E-state index in [4.69, 9.17) is 0 Å². The fourth-order valence-electron chi connectivity index (χ4n) is 1.99. The highest BCUT2D eigenvalue weighted by molar-refractivity contribution is 5.98. The van der Waals surface area contributed by atoms with Crippen molar-refractivity contribution in [2.75, 3.05) is 0 Å². The molecule has 3 aromatic rings. The molecule has 3 rings (SSSR count). The van der Waals surface area contributed by atoms with Crippen molar-refractivity contribution in [2.24, 2.45) is 0 Å². The van der Waals surface area contributed by atoms with Crippen LogP contribution in [0.3, 0.4) is 0 Å². The maximum absolute atomic E-state index is 12.3. The van der Waals surface area contributed by atoms with Crippen LogP contribution in [0.5, 0.6) is 0 Å². The van der Waals surface area contributed by atoms with Gasteiger partial charge in [0.25, 0.3) is 5.91 Å². The molecule has 2 aromatic heterocycles. The summed E-state index contributed by atoms with van der Waals surface area (Å²) in [4.78, 5) is 23.6. The number of carbonyl (C=O) groups is 1. The van der Waals surface area contributed by atoms with E-state index in [1.807, 2.05) is 19.1 Å². The van der Waals surface area contributed by atoms with Gasteiger partial charge >= 0.3 is 0 Å². The van der Waals surface area contributed by atoms with Crippen molar-refractivity contribution in [3.05, 3.63) is 48.3 Å². The average molecular weight is 240 g/mol. The average Bonchev–Trinajstić information content (AvgIpc) is 3.05. The number of imidazole rings is 2. The van der Waals surface area contributed by atoms with Crippen LogP contribution < -0.4 is 0 Å². The van der Waals surface area contributed by atoms with E-state index < -0.39 is 0 Å². The lowest BCUT2D eigenvalue weighted by Crippen LogP contribution is -2.14. The number of H-pyrrole nitrogens is 1. The van der Waals surface area contributed by atoms with Gasteiger partial charge in [-0.3, -0.25) is 9.36 Å². The second-order valence-electron chi connectivity index (χ2n) is 4.01. The zero-order valence-corrected chi connectivity index (χ0v) is 9.92. The van der Waals surface area contributed by atoms with Crippen molar-refractivity contribution in [2.45, 2.75) is 13.3 Å². The van der Waals surface area contributed by atoms with E-state index >= 15 is 0 Å². The molecule has 0 amide bonds. The SMILES string of the molecule is CCc1nccn1C(=O)c1ccc2nc[nH]c2c1. The minimum absolute atomic E-state index is 0.0687. The Morgan fingerprint density at radius 2 is 2.28 bits per heavy atom. The molecule has 0 fully saturated rings. The largest absolute Gasteiger partial charge is 0.345 e. The van der Waals surface area contributed by atoms with Gasteiger partial charge in [-0.05, 0) is 18.2 Å². The third-order valence-electron chi connectivity index (χ3n) is 2.92. The van der Waals surface area contributed by atoms with Gasteiger partial charge in [-0.1, -0.05) is 6.92 Å². The molecule has 0 aliphatic heterocycles. The first kappa shape index (κ1) is 10.7. The van der Waals surface area contributed by atoms with Crippen LogP contribution in [-0.4, -0.2) is 25.4 Å². The topological polar surface area (TPSA) is 63.6 Å². The standard InChI is InChI=1S/C13H12N4O/c1-2-12-14-5-6-17(12)13(18)9-3-4-10-11(7-9)16-8-15-10/h3-8H,2H2,1H3,(H,15,16). The van der Waals surface area contributed by atoms with Gasteiger partial charge < -0.3 is 4.98 Å². The molecular weight excluding hydrogens is 228 g/mol. The summed E-state index contributed by atoms with van der Waals surface area (Å²) in [7, 11) is 0. The van der Waals surface area contributed by atoms with Gasteiger partial charge in [0.2, 0.25) is 0 Å². The van der Waals surface area contributed by atoms with Gasteiger partial charge in [0.15, 0.2) is 0 Å². The molecule has 5 heteroatoms. The molecule has 0 spiro atoms. The molecule has 0 atom stereocenters. The lowest BCUT2D eigenvalue weighted by Gasteiger charge is -2.04. The Morgan fingerprint density at radius 3 is 3.11 bits per heavy atom. The summed E-state index contributed by atoms with van der Waals surface area (Å²) in [6.07, 6.45) is 5.68. The second kappa shape index (κ2) is 4.10. The maximum atomic E-state index is 12.3. The van der Waals surface area contributed by atoms with E-state index in [-0.39, 0.29) is 5.91 Å². The zero-order chi connectivity index (χ0) is 12.5. The normalized spacial score (nSPS) is 10.9. The number of carbonyl (C=O) groups excluding carboxylic acids is 1. The molecule has 5 nitrogen and oxygen atoms in total. The zero-order valence-electron chi connectivity index (χ0n) is 9.92. The molecule has 0 unspecified atom stereocenters. The summed E-state index contributed by atoms with van der Waals surface area (Å²) in [5, 5.41) is 0. The van der Waals surface area contributed by atoms with Crippen LogP contribution in [0.15, 0.2) is 36.9 Å². The van der Waals surface area contributed by atoms with Crippen LogP contribution in [0.2, 0.25) is 0 Å². The molecular formula is C13H12N4O. The van der Waals surface area contributed by atoms with Gasteiger partial charge in [-0.15, -0.1) is 0 Å². The Kier molecular flexibility index (Phi) is 2.44. The number of nitrogens with one attached hydrogen (secondary N) is 1. The fraction of sp³-hybridized carbons (Fsp3) is 0.154. The monoisotopic (exact) mass is 240 g/mol. The molecule has 0 aliphatic carbocycles. The van der Waals surface area contributed by atoms with E-state index in [0.29, 0.717) is 5.56 Å². The van der Waals surface area contributed by atoms with E-state index in [1.54, 1.807) is 29.4 Å². The molecule has 18 heavy (non-hydrogen) atoms. The number of rotatable bonds is 2. The van der Waals surface area contributed by atoms with Crippen LogP contribution in [0, 0.1) is 0 Å². The lowest BCUT2D eigenvalue weighted by molar-refractivity contribution is 0.0957. The Bertz CT molecular complexity index is 710. The lowest BCUT2D eigenvalue weighted by atomic mass is 10.2. The van der Waals surface area contributed by atoms with Crippen LogP contribution in [0.25, 0.3) is 11.0 Å². The van der Waals surface area contributed by atoms with Gasteiger partial charge in [0, 0.05) is 24.4 Å². The van der Waals surface area contributed by atoms with Crippen LogP contribution in [-0.2, 0) is 6.42 Å². The van der Waals surface area contributed by atoms with E-state index in [0.717, 1.165) is 23.3 Å². The number of hydrogen-bond acceptors (Lipinski definition) is 3. The minimum atomic E-state index is -0.0687. The summed E-state index contributed by atoms with van der Waals surface area (Å²) < 4.78 is 1.58. The quantitative estimate of drug-likeness (QED) is 0.745. The smallest absolute Gasteiger partial charge is 0.263 e. The van der Waals surface area contributed by atoms with Crippen molar-refractivity contribution < 1.29 is 4.79 Å². The molecule has 0 aliphatic rings. The second-order valence-corrected chi connectivity index (χ2v) is 4.01. The summed E-state index contributed by atoms with van der Waals surface area (Å²) >= 11 is 0. The molecule has 2 heterocycles. The number of aromatic nitrogens is 4. The van der Waals surface area contributed by atoms with E-state index in [1.165, 1.54) is 0 Å². The van der Waals surface area contributed by atoms with Gasteiger partial charge in [-0.25, -0.2) is 9.97 Å². The van der Waals surface area contributed by atoms with E-state index in [2.05, 4.69) is 15.0 Å². The fourth-order valence-corrected chi connectivity index (χ4v) is 1.99. The molecule has 0 saturated heterocycles. The number of hydrogen-bond donors (Lipinski definition) is 1. The number of aryl methyl sites for hydroxylation is 1. The Morgan fingerprint density at radius 1 is 1.39 bits per heavy atom. The predicted molar refractivity (Wildman–Crippen MR) is 67.4 cm³/mol. The number of fused-ring (bicyclic) bond motifs is 1. The highest BCUT2D eigenvalue weighted by Gasteiger charge is 2.12. The Balaban J connectivity index is 2.06. The number of benzene rings is 1. The van der Waals surface area contributed by atoms with E-state index in [9.17, 15) is 4.79 Å². The molecule has 90 valence electrons. The highest BCUT2D eigenvalue weighted by Crippen LogP contribution is 2.13. The minimum Gasteiger partial charge on any atom is -0.345 e. The summed E-state index contributed by atoms with van der Waals surface area (Å²) in [5.41, 5.74) is 2.34. The molecule has 1 aromatic carbocycles.